The lowest BCUT2D eigenvalue weighted by molar-refractivity contribution is 0.422. The largest absolute Gasteiger partial charge is 0.492 e. The Morgan fingerprint density at radius 2 is 2.00 bits per heavy atom. The van der Waals surface area contributed by atoms with Crippen LogP contribution in [0.5, 0.6) is 5.88 Å². The molecule has 1 heterocycles. The summed E-state index contributed by atoms with van der Waals surface area (Å²) in [6.45, 7) is 4.12. The van der Waals surface area contributed by atoms with Gasteiger partial charge in [0.05, 0.1) is 0 Å². The van der Waals surface area contributed by atoms with Crippen LogP contribution in [-0.2, 0) is 13.0 Å². The van der Waals surface area contributed by atoms with E-state index >= 15 is 0 Å². The molecule has 0 aliphatic heterocycles. The molecule has 1 aliphatic carbocycles. The fraction of sp³-hybridized carbons (Fsp3) is 0.150. The maximum atomic E-state index is 10.5. The van der Waals surface area contributed by atoms with Gasteiger partial charge in [0.2, 0.25) is 5.88 Å². The van der Waals surface area contributed by atoms with Crippen molar-refractivity contribution < 1.29 is 9.52 Å². The van der Waals surface area contributed by atoms with E-state index in [2.05, 4.69) is 36.9 Å². The van der Waals surface area contributed by atoms with E-state index in [9.17, 15) is 5.11 Å². The summed E-state index contributed by atoms with van der Waals surface area (Å²) < 4.78 is 7.27. The first kappa shape index (κ1) is 15.0. The van der Waals surface area contributed by atoms with E-state index in [4.69, 9.17) is 16.6 Å². The van der Waals surface area contributed by atoms with Gasteiger partial charge in [0.1, 0.15) is 0 Å². The molecule has 1 aliphatic rings. The number of aromatic nitrogens is 1. The van der Waals surface area contributed by atoms with Crippen LogP contribution < -0.4 is 0 Å². The number of hydrogen-bond acceptors (Lipinski definition) is 3. The zero-order chi connectivity index (χ0) is 16.7. The van der Waals surface area contributed by atoms with Gasteiger partial charge in [-0.3, -0.25) is 4.57 Å². The van der Waals surface area contributed by atoms with Gasteiger partial charge in [0.15, 0.2) is 5.76 Å². The van der Waals surface area contributed by atoms with Crippen molar-refractivity contribution in [1.29, 1.82) is 0 Å². The Kier molecular flexibility index (Phi) is 3.62. The molecular formula is C20H17NO2S. The molecule has 0 saturated heterocycles. The number of benzene rings is 2. The first-order valence-electron chi connectivity index (χ1n) is 7.95. The molecule has 3 nitrogen and oxygen atoms in total. The smallest absolute Gasteiger partial charge is 0.272 e. The number of aryl methyl sites for hydroxylation is 1. The molecule has 4 heteroatoms. The van der Waals surface area contributed by atoms with Crippen molar-refractivity contribution in [2.24, 2.45) is 0 Å². The topological polar surface area (TPSA) is 38.3 Å². The molecule has 0 atom stereocenters. The van der Waals surface area contributed by atoms with Crippen LogP contribution in [0.25, 0.3) is 16.3 Å². The molecule has 1 aromatic heterocycles. The number of fused-ring (bicyclic) bond motifs is 2. The van der Waals surface area contributed by atoms with Crippen LogP contribution in [0.3, 0.4) is 0 Å². The SMILES string of the molecule is C=CCn1c(O)c(C2=CCCc3cc4ccccc4cc32)oc1=S. The van der Waals surface area contributed by atoms with Gasteiger partial charge < -0.3 is 9.52 Å². The number of rotatable bonds is 3. The zero-order valence-electron chi connectivity index (χ0n) is 13.2. The molecule has 0 bridgehead atoms. The quantitative estimate of drug-likeness (QED) is 0.526. The standard InChI is InChI=1S/C20H17NO2S/c1-2-10-21-19(22)18(23-20(21)24)16-9-5-8-15-11-13-6-3-4-7-14(13)12-17(15)16/h2-4,6-7,9,11-12,22H,1,5,8,10H2. The Hall–Kier alpha value is -2.59. The predicted octanol–water partition coefficient (Wildman–Crippen LogP) is 5.23. The molecule has 2 aromatic carbocycles. The fourth-order valence-electron chi connectivity index (χ4n) is 3.30. The van der Waals surface area contributed by atoms with Gasteiger partial charge in [-0.15, -0.1) is 6.58 Å². The summed E-state index contributed by atoms with van der Waals surface area (Å²) in [6, 6.07) is 12.7. The fourth-order valence-corrected chi connectivity index (χ4v) is 3.55. The third-order valence-electron chi connectivity index (χ3n) is 4.45. The van der Waals surface area contributed by atoms with E-state index in [1.165, 1.54) is 16.3 Å². The van der Waals surface area contributed by atoms with E-state index in [1.54, 1.807) is 10.6 Å². The average Bonchev–Trinajstić information content (AvgIpc) is 2.88. The zero-order valence-corrected chi connectivity index (χ0v) is 14.0. The van der Waals surface area contributed by atoms with E-state index in [-0.39, 0.29) is 10.7 Å². The highest BCUT2D eigenvalue weighted by Gasteiger charge is 2.23. The monoisotopic (exact) mass is 335 g/mol. The first-order chi connectivity index (χ1) is 11.7. The van der Waals surface area contributed by atoms with E-state index in [0.29, 0.717) is 12.3 Å². The molecule has 1 N–H and O–H groups in total. The number of nitrogens with zero attached hydrogens (tertiary/aromatic N) is 1. The third kappa shape index (κ3) is 2.31. The molecule has 4 rings (SSSR count). The van der Waals surface area contributed by atoms with Gasteiger partial charge in [0.25, 0.3) is 4.84 Å². The number of aromatic hydroxyl groups is 1. The minimum absolute atomic E-state index is 0.0622. The lowest BCUT2D eigenvalue weighted by atomic mass is 9.87. The normalized spacial score (nSPS) is 13.6. The van der Waals surface area contributed by atoms with Crippen molar-refractivity contribution >= 4 is 28.6 Å². The van der Waals surface area contributed by atoms with Gasteiger partial charge >= 0.3 is 0 Å². The summed E-state index contributed by atoms with van der Waals surface area (Å²) in [6.07, 6.45) is 5.70. The van der Waals surface area contributed by atoms with Gasteiger partial charge in [-0.25, -0.2) is 0 Å². The van der Waals surface area contributed by atoms with Crippen molar-refractivity contribution in [3.63, 3.8) is 0 Å². The minimum atomic E-state index is 0.0622. The summed E-state index contributed by atoms with van der Waals surface area (Å²) in [7, 11) is 0. The Morgan fingerprint density at radius 3 is 2.75 bits per heavy atom. The van der Waals surface area contributed by atoms with Crippen LogP contribution in [0.4, 0.5) is 0 Å². The summed E-state index contributed by atoms with van der Waals surface area (Å²) in [5.74, 6) is 0.505. The summed E-state index contributed by atoms with van der Waals surface area (Å²) in [4.78, 5) is 0.260. The van der Waals surface area contributed by atoms with Crippen LogP contribution in [0, 0.1) is 4.84 Å². The van der Waals surface area contributed by atoms with Gasteiger partial charge in [0, 0.05) is 12.1 Å². The molecule has 0 fully saturated rings. The molecule has 0 spiro atoms. The maximum absolute atomic E-state index is 10.5. The van der Waals surface area contributed by atoms with Crippen LogP contribution in [0.2, 0.25) is 0 Å². The number of hydrogen-bond donors (Lipinski definition) is 1. The van der Waals surface area contributed by atoms with Gasteiger partial charge in [-0.1, -0.05) is 42.5 Å². The van der Waals surface area contributed by atoms with E-state index in [1.807, 2.05) is 12.1 Å². The predicted molar refractivity (Wildman–Crippen MR) is 98.7 cm³/mol. The Balaban J connectivity index is 1.91. The maximum Gasteiger partial charge on any atom is 0.272 e. The van der Waals surface area contributed by atoms with Crippen molar-refractivity contribution in [1.82, 2.24) is 4.57 Å². The van der Waals surface area contributed by atoms with Gasteiger partial charge in [-0.2, -0.15) is 0 Å². The summed E-state index contributed by atoms with van der Waals surface area (Å²) >= 11 is 5.23. The highest BCUT2D eigenvalue weighted by molar-refractivity contribution is 7.71. The Bertz CT molecular complexity index is 1040. The molecule has 0 radical (unpaired) electrons. The molecule has 0 saturated carbocycles. The highest BCUT2D eigenvalue weighted by atomic mass is 32.1. The van der Waals surface area contributed by atoms with Crippen molar-refractivity contribution in [2.45, 2.75) is 19.4 Å². The minimum Gasteiger partial charge on any atom is -0.492 e. The molecule has 24 heavy (non-hydrogen) atoms. The van der Waals surface area contributed by atoms with Crippen molar-refractivity contribution in [2.75, 3.05) is 0 Å². The molecule has 0 unspecified atom stereocenters. The van der Waals surface area contributed by atoms with Crippen LogP contribution in [0.1, 0.15) is 23.3 Å². The third-order valence-corrected chi connectivity index (χ3v) is 4.75. The second-order valence-electron chi connectivity index (χ2n) is 5.93. The summed E-state index contributed by atoms with van der Waals surface area (Å²) in [5.41, 5.74) is 3.28. The Morgan fingerprint density at radius 1 is 1.25 bits per heavy atom. The summed E-state index contributed by atoms with van der Waals surface area (Å²) in [5, 5.41) is 12.9. The molecule has 3 aromatic rings. The lowest BCUT2D eigenvalue weighted by Gasteiger charge is -2.17. The highest BCUT2D eigenvalue weighted by Crippen LogP contribution is 2.38. The van der Waals surface area contributed by atoms with Crippen molar-refractivity contribution in [3.05, 3.63) is 76.9 Å². The number of allylic oxidation sites excluding steroid dienone is 2. The van der Waals surface area contributed by atoms with Gasteiger partial charge in [-0.05, 0) is 53.0 Å². The second-order valence-corrected chi connectivity index (χ2v) is 6.28. The average molecular weight is 335 g/mol. The second kappa shape index (κ2) is 5.80. The molecule has 0 amide bonds. The molecule has 120 valence electrons. The van der Waals surface area contributed by atoms with E-state index in [0.717, 1.165) is 24.0 Å². The van der Waals surface area contributed by atoms with Crippen LogP contribution in [-0.4, -0.2) is 9.67 Å². The first-order valence-corrected chi connectivity index (χ1v) is 8.36. The van der Waals surface area contributed by atoms with Crippen molar-refractivity contribution in [3.8, 4) is 5.88 Å². The number of oxazole rings is 1. The van der Waals surface area contributed by atoms with Crippen LogP contribution >= 0.6 is 12.2 Å². The van der Waals surface area contributed by atoms with Crippen LogP contribution in [0.15, 0.2) is 59.5 Å². The lowest BCUT2D eigenvalue weighted by Crippen LogP contribution is -2.01. The van der Waals surface area contributed by atoms with E-state index < -0.39 is 0 Å². The molecular weight excluding hydrogens is 318 g/mol. The Labute approximate surface area is 145 Å².